The fourth-order valence-electron chi connectivity index (χ4n) is 5.16. The molecule has 2 aliphatic rings. The molecule has 0 nitrogen and oxygen atoms in total. The lowest BCUT2D eigenvalue weighted by molar-refractivity contribution is 0.766. The van der Waals surface area contributed by atoms with Gasteiger partial charge in [-0.3, -0.25) is 0 Å². The molecule has 0 aliphatic heterocycles. The lowest BCUT2D eigenvalue weighted by Crippen LogP contribution is -2.29. The molecule has 132 valence electrons. The van der Waals surface area contributed by atoms with E-state index in [-0.39, 0.29) is 5.41 Å². The molecule has 0 saturated heterocycles. The van der Waals surface area contributed by atoms with Gasteiger partial charge in [0.25, 0.3) is 0 Å². The summed E-state index contributed by atoms with van der Waals surface area (Å²) in [6, 6.07) is 35.4. The van der Waals surface area contributed by atoms with Crippen molar-refractivity contribution in [2.75, 3.05) is 0 Å². The Kier molecular flexibility index (Phi) is 3.33. The minimum atomic E-state index is -0.313. The quantitative estimate of drug-likeness (QED) is 0.247. The van der Waals surface area contributed by atoms with E-state index in [1.165, 1.54) is 44.5 Å². The monoisotopic (exact) mass is 420 g/mol. The number of rotatable bonds is 0. The lowest BCUT2D eigenvalue weighted by atomic mass is 9.66. The lowest BCUT2D eigenvalue weighted by Gasteiger charge is -2.35. The van der Waals surface area contributed by atoms with Crippen LogP contribution in [-0.4, -0.2) is 0 Å². The zero-order chi connectivity index (χ0) is 18.7. The van der Waals surface area contributed by atoms with E-state index in [2.05, 4.69) is 119 Å². The molecule has 0 radical (unpaired) electrons. The molecular formula is C27H17Br. The van der Waals surface area contributed by atoms with Crippen LogP contribution in [0, 0.1) is 0 Å². The third-order valence-corrected chi connectivity index (χ3v) is 6.84. The summed E-state index contributed by atoms with van der Waals surface area (Å²) in [5.41, 5.74) is 10.3. The van der Waals surface area contributed by atoms with Crippen molar-refractivity contribution >= 4 is 26.5 Å². The maximum Gasteiger partial charge on any atom is 0.0725 e. The van der Waals surface area contributed by atoms with E-state index in [0.29, 0.717) is 0 Å². The first-order chi connectivity index (χ1) is 13.8. The highest BCUT2D eigenvalue weighted by atomic mass is 79.9. The zero-order valence-electron chi connectivity index (χ0n) is 15.2. The van der Waals surface area contributed by atoms with Crippen molar-refractivity contribution in [2.24, 2.45) is 0 Å². The summed E-state index contributed by atoms with van der Waals surface area (Å²) < 4.78 is 1.13. The molecule has 0 bridgehead atoms. The molecule has 0 atom stereocenters. The van der Waals surface area contributed by atoms with E-state index >= 15 is 0 Å². The van der Waals surface area contributed by atoms with E-state index < -0.39 is 0 Å². The van der Waals surface area contributed by atoms with Crippen molar-refractivity contribution in [1.82, 2.24) is 0 Å². The molecule has 4 aromatic rings. The predicted octanol–water partition coefficient (Wildman–Crippen LogP) is 7.26. The standard InChI is InChI=1S/C27H17Br/c28-26-17-18-9-1-5-13-22(18)27(25-16-8-4-12-21(25)26)23-14-6-2-10-19(23)20-11-3-7-15-24(20)27/h1-17H. The van der Waals surface area contributed by atoms with Crippen LogP contribution in [0.25, 0.3) is 21.7 Å². The largest absolute Gasteiger partial charge is 0.0725 e. The van der Waals surface area contributed by atoms with Gasteiger partial charge >= 0.3 is 0 Å². The molecule has 1 spiro atoms. The van der Waals surface area contributed by atoms with E-state index in [1.54, 1.807) is 0 Å². The Bertz CT molecular complexity index is 1230. The maximum atomic E-state index is 3.88. The minimum Gasteiger partial charge on any atom is -0.0619 e. The zero-order valence-corrected chi connectivity index (χ0v) is 16.8. The fourth-order valence-corrected chi connectivity index (χ4v) is 5.75. The van der Waals surface area contributed by atoms with Gasteiger partial charge in [-0.25, -0.2) is 0 Å². The van der Waals surface area contributed by atoms with E-state index in [9.17, 15) is 0 Å². The van der Waals surface area contributed by atoms with Crippen molar-refractivity contribution < 1.29 is 0 Å². The number of hydrogen-bond donors (Lipinski definition) is 0. The average Bonchev–Trinajstić information content (AvgIpc) is 2.99. The van der Waals surface area contributed by atoms with Gasteiger partial charge in [0.05, 0.1) is 5.41 Å². The highest BCUT2D eigenvalue weighted by Crippen LogP contribution is 2.59. The molecule has 4 aromatic carbocycles. The summed E-state index contributed by atoms with van der Waals surface area (Å²) in [7, 11) is 0. The van der Waals surface area contributed by atoms with Crippen LogP contribution in [0.5, 0.6) is 0 Å². The summed E-state index contributed by atoms with van der Waals surface area (Å²) in [5.74, 6) is 0. The first kappa shape index (κ1) is 16.1. The Labute approximate surface area is 173 Å². The fraction of sp³-hybridized carbons (Fsp3) is 0.0370. The topological polar surface area (TPSA) is 0 Å². The van der Waals surface area contributed by atoms with Gasteiger partial charge in [-0.1, -0.05) is 113 Å². The summed E-state index contributed by atoms with van der Waals surface area (Å²) in [4.78, 5) is 0. The van der Waals surface area contributed by atoms with Crippen LogP contribution in [0.1, 0.15) is 33.4 Å². The van der Waals surface area contributed by atoms with Crippen LogP contribution >= 0.6 is 15.9 Å². The maximum absolute atomic E-state index is 3.88. The molecule has 1 heteroatoms. The SMILES string of the molecule is BrC1=Cc2ccccc2C2(c3ccccc31)c1ccccc1-c1ccccc12. The van der Waals surface area contributed by atoms with E-state index in [1.807, 2.05) is 0 Å². The highest BCUT2D eigenvalue weighted by molar-refractivity contribution is 9.15. The van der Waals surface area contributed by atoms with Crippen molar-refractivity contribution in [3.63, 3.8) is 0 Å². The van der Waals surface area contributed by atoms with Crippen molar-refractivity contribution in [1.29, 1.82) is 0 Å². The molecule has 2 aliphatic carbocycles. The van der Waals surface area contributed by atoms with Gasteiger partial charge < -0.3 is 0 Å². The Morgan fingerprint density at radius 2 is 0.893 bits per heavy atom. The Hall–Kier alpha value is -2.90. The molecule has 0 heterocycles. The highest BCUT2D eigenvalue weighted by Gasteiger charge is 2.48. The van der Waals surface area contributed by atoms with Crippen LogP contribution in [0.3, 0.4) is 0 Å². The van der Waals surface area contributed by atoms with Crippen LogP contribution in [0.4, 0.5) is 0 Å². The number of hydrogen-bond acceptors (Lipinski definition) is 0. The molecule has 0 unspecified atom stereocenters. The molecule has 6 rings (SSSR count). The van der Waals surface area contributed by atoms with Crippen LogP contribution < -0.4 is 0 Å². The summed E-state index contributed by atoms with van der Waals surface area (Å²) in [5, 5.41) is 0. The average molecular weight is 421 g/mol. The second kappa shape index (κ2) is 5.80. The van der Waals surface area contributed by atoms with Crippen molar-refractivity contribution in [3.05, 3.63) is 130 Å². The van der Waals surface area contributed by atoms with Gasteiger partial charge in [-0.15, -0.1) is 0 Å². The van der Waals surface area contributed by atoms with E-state index in [4.69, 9.17) is 0 Å². The summed E-state index contributed by atoms with van der Waals surface area (Å²) in [6.45, 7) is 0. The number of fused-ring (bicyclic) bond motifs is 9. The molecule has 0 amide bonds. The molecule has 0 N–H and O–H groups in total. The second-order valence-corrected chi connectivity index (χ2v) is 8.32. The smallest absolute Gasteiger partial charge is 0.0619 e. The van der Waals surface area contributed by atoms with E-state index in [0.717, 1.165) is 4.48 Å². The number of halogens is 1. The van der Waals surface area contributed by atoms with Gasteiger partial charge in [0.15, 0.2) is 0 Å². The molecule has 28 heavy (non-hydrogen) atoms. The van der Waals surface area contributed by atoms with Crippen molar-refractivity contribution in [3.8, 4) is 11.1 Å². The van der Waals surface area contributed by atoms with Gasteiger partial charge in [-0.2, -0.15) is 0 Å². The van der Waals surface area contributed by atoms with Crippen LogP contribution in [0.2, 0.25) is 0 Å². The van der Waals surface area contributed by atoms with Crippen molar-refractivity contribution in [2.45, 2.75) is 5.41 Å². The first-order valence-electron chi connectivity index (χ1n) is 9.58. The molecule has 0 saturated carbocycles. The van der Waals surface area contributed by atoms with Crippen LogP contribution in [-0.2, 0) is 5.41 Å². The van der Waals surface area contributed by atoms with Gasteiger partial charge in [0, 0.05) is 4.48 Å². The van der Waals surface area contributed by atoms with Gasteiger partial charge in [0.2, 0.25) is 0 Å². The summed E-state index contributed by atoms with van der Waals surface area (Å²) in [6.07, 6.45) is 2.27. The third-order valence-electron chi connectivity index (χ3n) is 6.19. The first-order valence-corrected chi connectivity index (χ1v) is 10.4. The summed E-state index contributed by atoms with van der Waals surface area (Å²) >= 11 is 3.88. The van der Waals surface area contributed by atoms with Crippen LogP contribution in [0.15, 0.2) is 97.1 Å². The molecule has 0 fully saturated rings. The van der Waals surface area contributed by atoms with Gasteiger partial charge in [-0.05, 0) is 50.6 Å². The minimum absolute atomic E-state index is 0.313. The normalized spacial score (nSPS) is 15.1. The predicted molar refractivity (Wildman–Crippen MR) is 121 cm³/mol. The Balaban J connectivity index is 1.90. The molecule has 0 aromatic heterocycles. The second-order valence-electron chi connectivity index (χ2n) is 7.47. The third kappa shape index (κ3) is 1.90. The molecular weight excluding hydrogens is 404 g/mol. The Morgan fingerprint density at radius 1 is 0.464 bits per heavy atom. The van der Waals surface area contributed by atoms with Gasteiger partial charge in [0.1, 0.15) is 0 Å². The Morgan fingerprint density at radius 3 is 1.50 bits per heavy atom. The number of benzene rings is 4.